The molecule has 1 amide bonds. The predicted molar refractivity (Wildman–Crippen MR) is 135 cm³/mol. The van der Waals surface area contributed by atoms with Crippen molar-refractivity contribution in [2.24, 2.45) is 0 Å². The van der Waals surface area contributed by atoms with Gasteiger partial charge in [-0.3, -0.25) is 9.69 Å². The Bertz CT molecular complexity index is 1280. The van der Waals surface area contributed by atoms with E-state index in [9.17, 15) is 36.4 Å². The van der Waals surface area contributed by atoms with Crippen molar-refractivity contribution in [2.75, 3.05) is 19.6 Å². The van der Waals surface area contributed by atoms with Gasteiger partial charge in [0.05, 0.1) is 27.8 Å². The highest BCUT2D eigenvalue weighted by molar-refractivity contribution is 7.92. The molecule has 10 nitrogen and oxygen atoms in total. The molecule has 14 heteroatoms. The number of carbonyl (C=O) groups excluding carboxylic acids is 2. The van der Waals surface area contributed by atoms with Crippen LogP contribution in [-0.4, -0.2) is 78.6 Å². The third-order valence-corrected chi connectivity index (χ3v) is 9.54. The first-order chi connectivity index (χ1) is 18.5. The van der Waals surface area contributed by atoms with Crippen molar-refractivity contribution < 1.29 is 40.8 Å². The number of ether oxygens (including phenoxy) is 1. The number of nitrogens with zero attached hydrogens (tertiary/aromatic N) is 3. The van der Waals surface area contributed by atoms with Gasteiger partial charge in [0.2, 0.25) is 5.91 Å². The fourth-order valence-electron chi connectivity index (χ4n) is 5.18. The van der Waals surface area contributed by atoms with Crippen LogP contribution in [0, 0.1) is 11.3 Å². The lowest BCUT2D eigenvalue weighted by Crippen LogP contribution is -2.53. The molecule has 2 atom stereocenters. The third-order valence-electron chi connectivity index (χ3n) is 7.35. The summed E-state index contributed by atoms with van der Waals surface area (Å²) in [5, 5.41) is 12.3. The number of halogens is 3. The van der Waals surface area contributed by atoms with E-state index in [0.717, 1.165) is 18.2 Å². The first-order valence-electron chi connectivity index (χ1n) is 13.1. The van der Waals surface area contributed by atoms with Gasteiger partial charge in [-0.15, -0.1) is 5.06 Å². The summed E-state index contributed by atoms with van der Waals surface area (Å²) in [6, 6.07) is 4.86. The SMILES string of the molecule is CC(C)(C)OC(=O)ON1CCC(N2CC(S(=O)(=O)c3ccccc3C(F)(F)F)CC2C(=O)NC2(C#N)CC2)CC1. The summed E-state index contributed by atoms with van der Waals surface area (Å²) in [6.45, 7) is 5.53. The molecule has 4 rings (SSSR count). The Labute approximate surface area is 231 Å². The molecule has 1 aromatic carbocycles. The second kappa shape index (κ2) is 10.8. The quantitative estimate of drug-likeness (QED) is 0.499. The van der Waals surface area contributed by atoms with E-state index in [4.69, 9.17) is 9.57 Å². The number of likely N-dealkylation sites (tertiary alicyclic amines) is 1. The zero-order valence-electron chi connectivity index (χ0n) is 22.5. The first kappa shape index (κ1) is 30.1. The number of carbonyl (C=O) groups is 2. The van der Waals surface area contributed by atoms with E-state index in [1.807, 2.05) is 0 Å². The lowest BCUT2D eigenvalue weighted by Gasteiger charge is -2.38. The Kier molecular flexibility index (Phi) is 8.14. The number of benzene rings is 1. The number of nitrogens with one attached hydrogen (secondary N) is 1. The molecule has 0 bridgehead atoms. The Hall–Kier alpha value is -2.89. The molecule has 3 aliphatic rings. The molecule has 2 unspecified atom stereocenters. The highest BCUT2D eigenvalue weighted by Gasteiger charge is 2.51. The number of sulfone groups is 1. The molecule has 220 valence electrons. The molecule has 1 saturated carbocycles. The first-order valence-corrected chi connectivity index (χ1v) is 14.6. The van der Waals surface area contributed by atoms with Crippen molar-refractivity contribution in [1.82, 2.24) is 15.3 Å². The molecule has 0 radical (unpaired) electrons. The van der Waals surface area contributed by atoms with E-state index in [1.54, 1.807) is 25.7 Å². The van der Waals surface area contributed by atoms with E-state index >= 15 is 0 Å². The zero-order valence-corrected chi connectivity index (χ0v) is 23.3. The van der Waals surface area contributed by atoms with E-state index in [2.05, 4.69) is 11.4 Å². The highest BCUT2D eigenvalue weighted by atomic mass is 32.2. The minimum atomic E-state index is -4.87. The number of hydroxylamine groups is 2. The van der Waals surface area contributed by atoms with Crippen molar-refractivity contribution in [3.63, 3.8) is 0 Å². The normalized spacial score (nSPS) is 24.2. The smallest absolute Gasteiger partial charge is 0.427 e. The van der Waals surface area contributed by atoms with E-state index in [-0.39, 0.29) is 32.1 Å². The predicted octanol–water partition coefficient (Wildman–Crippen LogP) is 3.43. The number of nitriles is 1. The average molecular weight is 587 g/mol. The number of amides is 1. The van der Waals surface area contributed by atoms with Gasteiger partial charge in [0.25, 0.3) is 0 Å². The molecule has 1 aliphatic carbocycles. The van der Waals surface area contributed by atoms with Crippen molar-refractivity contribution in [3.8, 4) is 6.07 Å². The van der Waals surface area contributed by atoms with E-state index < -0.39 is 61.0 Å². The highest BCUT2D eigenvalue weighted by Crippen LogP contribution is 2.40. The third kappa shape index (κ3) is 6.70. The van der Waals surface area contributed by atoms with Gasteiger partial charge in [-0.1, -0.05) is 12.1 Å². The van der Waals surface area contributed by atoms with Crippen LogP contribution in [0.5, 0.6) is 0 Å². The van der Waals surface area contributed by atoms with Crippen molar-refractivity contribution in [1.29, 1.82) is 5.26 Å². The number of alkyl halides is 3. The van der Waals surface area contributed by atoms with Crippen LogP contribution in [0.2, 0.25) is 0 Å². The maximum Gasteiger partial charge on any atom is 0.528 e. The molecular formula is C26H33F3N4O6S. The van der Waals surface area contributed by atoms with Crippen LogP contribution in [0.15, 0.2) is 29.2 Å². The number of piperidine rings is 1. The number of hydrogen-bond acceptors (Lipinski definition) is 9. The van der Waals surface area contributed by atoms with Crippen molar-refractivity contribution >= 4 is 21.9 Å². The summed E-state index contributed by atoms with van der Waals surface area (Å²) in [5.41, 5.74) is -2.98. The Balaban J connectivity index is 1.53. The molecule has 2 saturated heterocycles. The molecule has 1 N–H and O–H groups in total. The van der Waals surface area contributed by atoms with E-state index in [1.165, 1.54) is 11.1 Å². The lowest BCUT2D eigenvalue weighted by molar-refractivity contribution is -0.158. The fraction of sp³-hybridized carbons (Fsp3) is 0.654. The summed E-state index contributed by atoms with van der Waals surface area (Å²) in [7, 11) is -4.47. The van der Waals surface area contributed by atoms with Crippen LogP contribution in [0.3, 0.4) is 0 Å². The molecule has 3 fully saturated rings. The van der Waals surface area contributed by atoms with Gasteiger partial charge in [-0.2, -0.15) is 18.4 Å². The fourth-order valence-corrected chi connectivity index (χ4v) is 7.11. The van der Waals surface area contributed by atoms with Crippen molar-refractivity contribution in [3.05, 3.63) is 29.8 Å². The standard InChI is InChI=1S/C26H33F3N4O6S/c1-24(2,3)38-23(35)39-32-12-8-17(9-13-32)33-15-18(14-20(33)22(34)31-25(16-30)10-11-25)40(36,37)21-7-5-4-6-19(21)26(27,28)29/h4-7,17-18,20H,8-15H2,1-3H3,(H,31,34). The molecule has 1 aromatic rings. The van der Waals surface area contributed by atoms with Crippen LogP contribution in [-0.2, 0) is 30.4 Å². The minimum Gasteiger partial charge on any atom is -0.427 e. The van der Waals surface area contributed by atoms with Crippen LogP contribution >= 0.6 is 0 Å². The second-order valence-corrected chi connectivity index (χ2v) is 13.7. The summed E-state index contributed by atoms with van der Waals surface area (Å²) >= 11 is 0. The number of rotatable bonds is 6. The largest absolute Gasteiger partial charge is 0.528 e. The van der Waals surface area contributed by atoms with Gasteiger partial charge in [-0.25, -0.2) is 13.2 Å². The maximum atomic E-state index is 13.7. The van der Waals surface area contributed by atoms with Gasteiger partial charge in [0.15, 0.2) is 9.84 Å². The van der Waals surface area contributed by atoms with Gasteiger partial charge < -0.3 is 14.9 Å². The average Bonchev–Trinajstić information content (AvgIpc) is 3.48. The van der Waals surface area contributed by atoms with Crippen LogP contribution in [0.25, 0.3) is 0 Å². The monoisotopic (exact) mass is 586 g/mol. The number of hydrogen-bond donors (Lipinski definition) is 1. The Morgan fingerprint density at radius 1 is 1.12 bits per heavy atom. The van der Waals surface area contributed by atoms with Crippen molar-refractivity contribution in [2.45, 2.75) is 92.4 Å². The lowest BCUT2D eigenvalue weighted by atomic mass is 10.0. The van der Waals surface area contributed by atoms with Crippen LogP contribution in [0.1, 0.15) is 58.4 Å². The summed E-state index contributed by atoms with van der Waals surface area (Å²) in [5.74, 6) is -0.520. The van der Waals surface area contributed by atoms with Crippen LogP contribution < -0.4 is 5.32 Å². The Morgan fingerprint density at radius 3 is 2.30 bits per heavy atom. The molecule has 0 spiro atoms. The Morgan fingerprint density at radius 2 is 1.75 bits per heavy atom. The van der Waals surface area contributed by atoms with Gasteiger partial charge in [0.1, 0.15) is 11.1 Å². The van der Waals surface area contributed by atoms with Gasteiger partial charge in [0, 0.05) is 25.7 Å². The summed E-state index contributed by atoms with van der Waals surface area (Å²) in [6.07, 6.45) is -4.18. The minimum absolute atomic E-state index is 0.149. The summed E-state index contributed by atoms with van der Waals surface area (Å²) < 4.78 is 73.3. The molecule has 2 aliphatic heterocycles. The molecule has 2 heterocycles. The second-order valence-electron chi connectivity index (χ2n) is 11.5. The van der Waals surface area contributed by atoms with Gasteiger partial charge in [-0.05, 0) is 65.0 Å². The van der Waals surface area contributed by atoms with E-state index in [0.29, 0.717) is 25.7 Å². The molecule has 0 aromatic heterocycles. The van der Waals surface area contributed by atoms with Gasteiger partial charge >= 0.3 is 12.3 Å². The zero-order chi connectivity index (χ0) is 29.5. The molecular weight excluding hydrogens is 553 g/mol. The van der Waals surface area contributed by atoms with Crippen LogP contribution in [0.4, 0.5) is 18.0 Å². The summed E-state index contributed by atoms with van der Waals surface area (Å²) in [4.78, 5) is 31.5. The maximum absolute atomic E-state index is 13.7. The topological polar surface area (TPSA) is 129 Å². The molecule has 40 heavy (non-hydrogen) atoms.